The van der Waals surface area contributed by atoms with Crippen LogP contribution in [0.15, 0.2) is 83.9 Å². The first kappa shape index (κ1) is 23.6. The van der Waals surface area contributed by atoms with Gasteiger partial charge >= 0.3 is 21.1 Å². The Kier molecular flexibility index (Phi) is 7.42. The van der Waals surface area contributed by atoms with Crippen molar-refractivity contribution < 1.29 is 29.8 Å². The van der Waals surface area contributed by atoms with Gasteiger partial charge in [-0.15, -0.1) is 42.0 Å². The maximum atomic E-state index is 14.2. The van der Waals surface area contributed by atoms with Crippen molar-refractivity contribution in [2.45, 2.75) is 19.3 Å². The van der Waals surface area contributed by atoms with Crippen LogP contribution >= 0.6 is 0 Å². The van der Waals surface area contributed by atoms with Crippen LogP contribution in [0.3, 0.4) is 0 Å². The van der Waals surface area contributed by atoms with Gasteiger partial charge in [-0.3, -0.25) is 13.8 Å². The van der Waals surface area contributed by atoms with Crippen molar-refractivity contribution >= 4 is 12.0 Å². The van der Waals surface area contributed by atoms with Crippen molar-refractivity contribution in [3.8, 4) is 11.3 Å². The van der Waals surface area contributed by atoms with E-state index in [4.69, 9.17) is 0 Å². The van der Waals surface area contributed by atoms with Crippen LogP contribution in [0.5, 0.6) is 0 Å². The quantitative estimate of drug-likeness (QED) is 0.201. The molecule has 0 spiro atoms. The summed E-state index contributed by atoms with van der Waals surface area (Å²) in [5.74, 6) is -0.844. The van der Waals surface area contributed by atoms with Crippen LogP contribution in [-0.2, 0) is 26.5 Å². The Bertz CT molecular complexity index is 1240. The maximum Gasteiger partial charge on any atom is 2.00 e. The number of hydrogen-bond donors (Lipinski definition) is 0. The molecule has 0 unspecified atom stereocenters. The normalized spacial score (nSPS) is 11.4. The number of pyridine rings is 2. The molecule has 2 heterocycles. The topological polar surface area (TPSA) is 38.1 Å². The molecule has 0 N–H and O–H groups in total. The van der Waals surface area contributed by atoms with Gasteiger partial charge in [0.1, 0.15) is 0 Å². The third kappa shape index (κ3) is 5.23. The zero-order chi connectivity index (χ0) is 21.8. The smallest absolute Gasteiger partial charge is 0.334 e. The summed E-state index contributed by atoms with van der Waals surface area (Å²) in [5.41, 5.74) is 2.25. The Morgan fingerprint density at radius 1 is 0.875 bits per heavy atom. The molecule has 3 nitrogen and oxygen atoms in total. The average Bonchev–Trinajstić information content (AvgIpc) is 2.79. The predicted molar refractivity (Wildman–Crippen MR) is 117 cm³/mol. The van der Waals surface area contributed by atoms with Crippen molar-refractivity contribution in [2.24, 2.45) is 4.99 Å². The summed E-state index contributed by atoms with van der Waals surface area (Å²) in [5, 5.41) is 0. The van der Waals surface area contributed by atoms with E-state index in [-0.39, 0.29) is 26.6 Å². The number of nitrogens with zero attached hydrogens (tertiary/aromatic N) is 3. The molecule has 162 valence electrons. The van der Waals surface area contributed by atoms with E-state index >= 15 is 0 Å². The zero-order valence-electron chi connectivity index (χ0n) is 17.4. The van der Waals surface area contributed by atoms with Crippen LogP contribution in [0.4, 0.5) is 14.6 Å². The fourth-order valence-electron chi connectivity index (χ4n) is 3.16. The summed E-state index contributed by atoms with van der Waals surface area (Å²) < 4.78 is 27.5. The molecule has 0 aliphatic rings. The number of halogens is 2. The molecule has 0 atom stereocenters. The molecule has 2 aromatic heterocycles. The van der Waals surface area contributed by atoms with Gasteiger partial charge < -0.3 is 9.98 Å². The maximum absolute atomic E-state index is 14.2. The summed E-state index contributed by atoms with van der Waals surface area (Å²) in [6.45, 7) is 3.97. The van der Waals surface area contributed by atoms with Crippen molar-refractivity contribution in [3.05, 3.63) is 114 Å². The molecule has 0 radical (unpaired) electrons. The fraction of sp³-hybridized carbons (Fsp3) is 0.115. The van der Waals surface area contributed by atoms with Gasteiger partial charge in [-0.2, -0.15) is 0 Å². The Balaban J connectivity index is 0.00000289. The van der Waals surface area contributed by atoms with E-state index in [2.05, 4.69) is 27.2 Å². The second-order valence-electron chi connectivity index (χ2n) is 7.54. The van der Waals surface area contributed by atoms with Crippen molar-refractivity contribution in [1.29, 1.82) is 0 Å². The van der Waals surface area contributed by atoms with E-state index in [1.165, 1.54) is 0 Å². The summed E-state index contributed by atoms with van der Waals surface area (Å²) in [4.78, 5) is 13.6. The Morgan fingerprint density at radius 2 is 1.56 bits per heavy atom. The molecule has 0 fully saturated rings. The van der Waals surface area contributed by atoms with E-state index in [9.17, 15) is 8.78 Å². The first-order valence-corrected chi connectivity index (χ1v) is 9.77. The molecule has 32 heavy (non-hydrogen) atoms. The van der Waals surface area contributed by atoms with Crippen LogP contribution in [0, 0.1) is 17.7 Å². The Hall–Kier alpha value is -3.04. The van der Waals surface area contributed by atoms with Gasteiger partial charge in [-0.1, -0.05) is 42.0 Å². The van der Waals surface area contributed by atoms with E-state index in [1.54, 1.807) is 12.1 Å². The second-order valence-corrected chi connectivity index (χ2v) is 7.54. The summed E-state index contributed by atoms with van der Waals surface area (Å²) in [6, 6.07) is 25.1. The molecule has 4 aromatic rings. The number of aliphatic imine (C=N–C) groups is 1. The third-order valence-corrected chi connectivity index (χ3v) is 4.95. The molecular weight excluding hydrogens is 587 g/mol. The van der Waals surface area contributed by atoms with Gasteiger partial charge in [-0.05, 0) is 37.9 Å². The van der Waals surface area contributed by atoms with Crippen molar-refractivity contribution in [1.82, 2.24) is 9.97 Å². The van der Waals surface area contributed by atoms with E-state index in [1.807, 2.05) is 68.4 Å². The molecule has 0 saturated heterocycles. The van der Waals surface area contributed by atoms with E-state index in [0.29, 0.717) is 17.2 Å². The second kappa shape index (κ2) is 10.1. The summed E-state index contributed by atoms with van der Waals surface area (Å²) in [7, 11) is 0. The minimum Gasteiger partial charge on any atom is -0.334 e. The Labute approximate surface area is 200 Å². The molecule has 0 aliphatic carbocycles. The van der Waals surface area contributed by atoms with Crippen molar-refractivity contribution in [2.75, 3.05) is 0 Å². The molecule has 2 aromatic carbocycles. The van der Waals surface area contributed by atoms with Crippen LogP contribution < -0.4 is 0 Å². The standard InChI is InChI=1S/C26H19F2N3.Pt/c1-26(2,23-11-6-10-22(30-23)20-15-14-19(27)16-21(20)28)24-12-7-13-25(31-24)29-17-18-8-4-3-5-9-18;/h3-14,16H,1-2H3;/q-2;+2. The average molecular weight is 607 g/mol. The van der Waals surface area contributed by atoms with Gasteiger partial charge in [0.2, 0.25) is 0 Å². The number of rotatable bonds is 5. The van der Waals surface area contributed by atoms with Gasteiger partial charge in [0, 0.05) is 28.4 Å². The van der Waals surface area contributed by atoms with Gasteiger partial charge in [0.25, 0.3) is 0 Å². The Morgan fingerprint density at radius 3 is 2.28 bits per heavy atom. The fourth-order valence-corrected chi connectivity index (χ4v) is 3.16. The van der Waals surface area contributed by atoms with Crippen LogP contribution in [0.1, 0.15) is 30.8 Å². The first-order valence-electron chi connectivity index (χ1n) is 9.77. The summed E-state index contributed by atoms with van der Waals surface area (Å²) >= 11 is 0. The van der Waals surface area contributed by atoms with E-state index in [0.717, 1.165) is 23.4 Å². The van der Waals surface area contributed by atoms with Gasteiger partial charge in [-0.25, -0.2) is 0 Å². The predicted octanol–water partition coefficient (Wildman–Crippen LogP) is 6.17. The molecule has 0 amide bonds. The molecule has 4 rings (SSSR count). The molecule has 0 saturated carbocycles. The van der Waals surface area contributed by atoms with Gasteiger partial charge in [0.15, 0.2) is 0 Å². The van der Waals surface area contributed by atoms with Crippen LogP contribution in [0.2, 0.25) is 0 Å². The number of hydrogen-bond acceptors (Lipinski definition) is 3. The first-order chi connectivity index (χ1) is 14.9. The molecule has 0 bridgehead atoms. The van der Waals surface area contributed by atoms with Crippen molar-refractivity contribution in [3.63, 3.8) is 0 Å². The van der Waals surface area contributed by atoms with E-state index < -0.39 is 17.0 Å². The SMILES string of the molecule is CC(C)(c1cccc(N=[C-]c2ccccc2)n1)c1cccc(-c2[c-]cc(F)cc2F)n1.[Pt+2]. The minimum atomic E-state index is -0.701. The molecule has 6 heteroatoms. The minimum absolute atomic E-state index is 0. The number of benzene rings is 2. The van der Waals surface area contributed by atoms with Crippen LogP contribution in [0.25, 0.3) is 11.3 Å². The van der Waals surface area contributed by atoms with Crippen LogP contribution in [-0.4, -0.2) is 16.2 Å². The third-order valence-electron chi connectivity index (χ3n) is 4.95. The largest absolute Gasteiger partial charge is 2.00 e. The summed E-state index contributed by atoms with van der Waals surface area (Å²) in [6.07, 6.45) is 2.99. The zero-order valence-corrected chi connectivity index (χ0v) is 19.7. The monoisotopic (exact) mass is 606 g/mol. The molecule has 0 aliphatic heterocycles. The molecular formula is C26H19F2N3Pt. The number of aromatic nitrogens is 2. The van der Waals surface area contributed by atoms with Gasteiger partial charge in [0.05, 0.1) is 5.82 Å².